The van der Waals surface area contributed by atoms with Gasteiger partial charge in [-0.3, -0.25) is 4.79 Å². The number of nitrogens with one attached hydrogen (secondary N) is 1. The predicted octanol–water partition coefficient (Wildman–Crippen LogP) is 1.47. The molecule has 0 spiro atoms. The third kappa shape index (κ3) is 3.87. The third-order valence-electron chi connectivity index (χ3n) is 5.09. The van der Waals surface area contributed by atoms with Crippen LogP contribution in [0.3, 0.4) is 0 Å². The van der Waals surface area contributed by atoms with E-state index >= 15 is 0 Å². The maximum Gasteiger partial charge on any atom is 0.320 e. The van der Waals surface area contributed by atoms with E-state index in [1.165, 1.54) is 18.2 Å². The van der Waals surface area contributed by atoms with E-state index in [4.69, 9.17) is 16.3 Å². The van der Waals surface area contributed by atoms with Crippen LogP contribution in [0.5, 0.6) is 0 Å². The van der Waals surface area contributed by atoms with Crippen LogP contribution in [0.1, 0.15) is 12.0 Å². The van der Waals surface area contributed by atoms with Crippen molar-refractivity contribution in [2.24, 2.45) is 5.92 Å². The van der Waals surface area contributed by atoms with Crippen LogP contribution in [0.2, 0.25) is 5.02 Å². The average molecular weight is 392 g/mol. The molecule has 0 radical (unpaired) electrons. The Bertz CT molecular complexity index is 831. The number of piperidine rings is 1. The Morgan fingerprint density at radius 2 is 2.11 bits per heavy atom. The lowest BCUT2D eigenvalue weighted by molar-refractivity contribution is -0.139. The molecule has 142 valence electrons. The van der Waals surface area contributed by atoms with Gasteiger partial charge in [-0.25, -0.2) is 9.18 Å². The Morgan fingerprint density at radius 1 is 1.30 bits per heavy atom. The van der Waals surface area contributed by atoms with Gasteiger partial charge in [0.05, 0.1) is 23.1 Å². The highest BCUT2D eigenvalue weighted by Crippen LogP contribution is 2.23. The topological polar surface area (TPSA) is 61.9 Å². The molecule has 1 aromatic carbocycles. The lowest BCUT2D eigenvalue weighted by Gasteiger charge is -2.45. The summed E-state index contributed by atoms with van der Waals surface area (Å²) in [5.41, 5.74) is 0.455. The largest absolute Gasteiger partial charge is 0.366 e. The zero-order chi connectivity index (χ0) is 19.0. The second-order valence-electron chi connectivity index (χ2n) is 7.04. The average Bonchev–Trinajstić information content (AvgIpc) is 2.62. The summed E-state index contributed by atoms with van der Waals surface area (Å²) in [6.45, 7) is 2.23. The van der Waals surface area contributed by atoms with Gasteiger partial charge in [0.25, 0.3) is 0 Å². The van der Waals surface area contributed by atoms with Gasteiger partial charge in [-0.1, -0.05) is 23.4 Å². The summed E-state index contributed by atoms with van der Waals surface area (Å²) >= 11 is 6.01. The highest BCUT2D eigenvalue weighted by Gasteiger charge is 2.39. The van der Waals surface area contributed by atoms with E-state index in [1.54, 1.807) is 9.80 Å². The molecule has 3 saturated heterocycles. The van der Waals surface area contributed by atoms with Crippen molar-refractivity contribution >= 4 is 23.5 Å². The second-order valence-corrected chi connectivity index (χ2v) is 7.44. The zero-order valence-corrected chi connectivity index (χ0v) is 15.3. The fourth-order valence-corrected chi connectivity index (χ4v) is 3.74. The Hall–Kier alpha value is -2.30. The Morgan fingerprint density at radius 3 is 2.93 bits per heavy atom. The van der Waals surface area contributed by atoms with Crippen molar-refractivity contribution in [2.75, 3.05) is 32.8 Å². The number of carbonyl (C=O) groups is 2. The van der Waals surface area contributed by atoms with E-state index in [0.29, 0.717) is 43.2 Å². The third-order valence-corrected chi connectivity index (χ3v) is 5.42. The molecule has 3 aliphatic rings. The second kappa shape index (κ2) is 7.37. The Kier molecular flexibility index (Phi) is 4.94. The van der Waals surface area contributed by atoms with E-state index in [1.807, 2.05) is 0 Å². The first kappa shape index (κ1) is 18.1. The quantitative estimate of drug-likeness (QED) is 0.681. The highest BCUT2D eigenvalue weighted by molar-refractivity contribution is 6.31. The summed E-state index contributed by atoms with van der Waals surface area (Å²) in [5, 5.41) is 3.31. The number of rotatable bonds is 0. The fraction of sp³-hybridized carbons (Fsp3) is 0.474. The van der Waals surface area contributed by atoms with E-state index < -0.39 is 0 Å². The summed E-state index contributed by atoms with van der Waals surface area (Å²) in [4.78, 5) is 27.6. The van der Waals surface area contributed by atoms with Crippen LogP contribution in [0.15, 0.2) is 18.2 Å². The summed E-state index contributed by atoms with van der Waals surface area (Å²) in [7, 11) is 0. The molecule has 0 aliphatic carbocycles. The van der Waals surface area contributed by atoms with Crippen molar-refractivity contribution < 1.29 is 18.7 Å². The molecular formula is C19H19ClFN3O3. The van der Waals surface area contributed by atoms with Gasteiger partial charge in [0.1, 0.15) is 12.4 Å². The zero-order valence-electron chi connectivity index (χ0n) is 14.6. The van der Waals surface area contributed by atoms with Crippen LogP contribution >= 0.6 is 11.6 Å². The maximum absolute atomic E-state index is 13.3. The predicted molar refractivity (Wildman–Crippen MR) is 96.6 cm³/mol. The number of nitrogens with zero attached hydrogens (tertiary/aromatic N) is 2. The molecule has 8 heteroatoms. The first-order valence-electron chi connectivity index (χ1n) is 8.91. The number of hydrogen-bond donors (Lipinski definition) is 1. The van der Waals surface area contributed by atoms with Crippen molar-refractivity contribution in [1.82, 2.24) is 15.1 Å². The van der Waals surface area contributed by atoms with Crippen LogP contribution in [-0.2, 0) is 9.53 Å². The van der Waals surface area contributed by atoms with Gasteiger partial charge in [-0.05, 0) is 24.6 Å². The highest BCUT2D eigenvalue weighted by atomic mass is 35.5. The van der Waals surface area contributed by atoms with E-state index in [-0.39, 0.29) is 42.4 Å². The molecule has 0 bridgehead atoms. The van der Waals surface area contributed by atoms with Gasteiger partial charge < -0.3 is 19.9 Å². The van der Waals surface area contributed by atoms with Crippen molar-refractivity contribution in [3.8, 4) is 11.8 Å². The summed E-state index contributed by atoms with van der Waals surface area (Å²) in [5.74, 6) is 5.48. The van der Waals surface area contributed by atoms with Gasteiger partial charge in [0.2, 0.25) is 5.91 Å². The number of halogens is 2. The number of benzene rings is 1. The van der Waals surface area contributed by atoms with Crippen molar-refractivity contribution in [2.45, 2.75) is 18.6 Å². The number of morpholine rings is 1. The van der Waals surface area contributed by atoms with Crippen molar-refractivity contribution in [1.29, 1.82) is 0 Å². The molecule has 6 nitrogen and oxygen atoms in total. The molecule has 3 amide bonds. The number of ether oxygens (including phenoxy) is 1. The molecule has 0 unspecified atom stereocenters. The molecule has 4 rings (SSSR count). The number of amides is 3. The number of likely N-dealkylation sites (tertiary alicyclic amines) is 2. The first-order valence-corrected chi connectivity index (χ1v) is 9.29. The fourth-order valence-electron chi connectivity index (χ4n) is 3.57. The minimum atomic E-state index is -0.378. The van der Waals surface area contributed by atoms with Crippen molar-refractivity contribution in [3.63, 3.8) is 0 Å². The van der Waals surface area contributed by atoms with Gasteiger partial charge in [-0.15, -0.1) is 0 Å². The van der Waals surface area contributed by atoms with Crippen LogP contribution in [0.25, 0.3) is 0 Å². The van der Waals surface area contributed by atoms with Crippen molar-refractivity contribution in [3.05, 3.63) is 34.6 Å². The Labute approximate surface area is 161 Å². The number of hydrogen-bond acceptors (Lipinski definition) is 3. The molecule has 27 heavy (non-hydrogen) atoms. The van der Waals surface area contributed by atoms with Crippen LogP contribution in [-0.4, -0.2) is 66.7 Å². The smallest absolute Gasteiger partial charge is 0.320 e. The standard InChI is InChI=1S/C19H19ClFN3O3/c20-15-4-3-14(21)7-13(15)2-1-12-8-24(9-12)19(26)23-6-5-17-16(10-23)22-18(25)11-27-17/h3-4,7,12,16-17H,5-6,8-11H2,(H,22,25)/t16-,17+/m1/s1. The van der Waals surface area contributed by atoms with E-state index in [0.717, 1.165) is 0 Å². The normalized spacial score (nSPS) is 25.0. The molecule has 1 N–H and O–H groups in total. The lowest BCUT2D eigenvalue weighted by Crippen LogP contribution is -2.64. The lowest BCUT2D eigenvalue weighted by atomic mass is 9.99. The number of carbonyl (C=O) groups excluding carboxylic acids is 2. The summed E-state index contributed by atoms with van der Waals surface area (Å²) in [6, 6.07) is 3.89. The molecule has 1 aromatic rings. The summed E-state index contributed by atoms with van der Waals surface area (Å²) in [6.07, 6.45) is 0.698. The molecule has 0 saturated carbocycles. The minimum Gasteiger partial charge on any atom is -0.366 e. The molecular weight excluding hydrogens is 373 g/mol. The SMILES string of the molecule is O=C1CO[C@H]2CCN(C(=O)N3CC(C#Cc4cc(F)ccc4Cl)C3)C[C@H]2N1. The van der Waals surface area contributed by atoms with Crippen LogP contribution < -0.4 is 5.32 Å². The molecule has 3 fully saturated rings. The molecule has 0 aromatic heterocycles. The molecule has 2 atom stereocenters. The van der Waals surface area contributed by atoms with Gasteiger partial charge in [0.15, 0.2) is 0 Å². The van der Waals surface area contributed by atoms with E-state index in [9.17, 15) is 14.0 Å². The van der Waals surface area contributed by atoms with Gasteiger partial charge >= 0.3 is 6.03 Å². The molecule has 3 aliphatic heterocycles. The monoisotopic (exact) mass is 391 g/mol. The van der Waals surface area contributed by atoms with E-state index in [2.05, 4.69) is 17.2 Å². The maximum atomic E-state index is 13.3. The first-order chi connectivity index (χ1) is 13.0. The number of fused-ring (bicyclic) bond motifs is 1. The number of urea groups is 1. The Balaban J connectivity index is 1.31. The van der Waals surface area contributed by atoms with Gasteiger partial charge in [0, 0.05) is 31.7 Å². The molecule has 3 heterocycles. The summed E-state index contributed by atoms with van der Waals surface area (Å²) < 4.78 is 18.8. The van der Waals surface area contributed by atoms with Crippen LogP contribution in [0.4, 0.5) is 9.18 Å². The minimum absolute atomic E-state index is 0.0160. The van der Waals surface area contributed by atoms with Gasteiger partial charge in [-0.2, -0.15) is 0 Å². The van der Waals surface area contributed by atoms with Crippen LogP contribution in [0, 0.1) is 23.6 Å².